The molecule has 0 bridgehead atoms. The van der Waals surface area contributed by atoms with E-state index in [1.165, 1.54) is 31.2 Å². The van der Waals surface area contributed by atoms with Gasteiger partial charge in [-0.15, -0.1) is 0 Å². The van der Waals surface area contributed by atoms with Crippen molar-refractivity contribution in [3.05, 3.63) is 124 Å². The normalized spacial score (nSPS) is 11.8. The molecule has 0 fully saturated rings. The van der Waals surface area contributed by atoms with E-state index < -0.39 is 28.5 Å². The topological polar surface area (TPSA) is 96.0 Å². The molecule has 1 N–H and O–H groups in total. The summed E-state index contributed by atoms with van der Waals surface area (Å²) in [6.07, 6.45) is 0.243. The van der Waals surface area contributed by atoms with Gasteiger partial charge in [0, 0.05) is 30.6 Å². The van der Waals surface area contributed by atoms with Crippen LogP contribution in [0, 0.1) is 6.92 Å². The van der Waals surface area contributed by atoms with E-state index in [4.69, 9.17) is 4.74 Å². The fraction of sp³-hybridized carbons (Fsp3) is 0.212. The number of carbonyl (C=O) groups excluding carboxylic acids is 2. The molecule has 0 unspecified atom stereocenters. The molecule has 0 saturated carbocycles. The van der Waals surface area contributed by atoms with E-state index in [-0.39, 0.29) is 29.5 Å². The Labute approximate surface area is 261 Å². The maximum Gasteiger partial charge on any atom is 0.264 e. The van der Waals surface area contributed by atoms with Crippen LogP contribution in [0.4, 0.5) is 5.69 Å². The number of anilines is 1. The van der Waals surface area contributed by atoms with E-state index in [0.29, 0.717) is 5.75 Å². The van der Waals surface area contributed by atoms with Crippen LogP contribution < -0.4 is 14.4 Å². The summed E-state index contributed by atoms with van der Waals surface area (Å²) in [6.45, 7) is 1.42. The number of halogens is 1. The van der Waals surface area contributed by atoms with Crippen LogP contribution in [-0.2, 0) is 32.6 Å². The van der Waals surface area contributed by atoms with Crippen molar-refractivity contribution in [2.45, 2.75) is 30.8 Å². The quantitative estimate of drug-likeness (QED) is 0.221. The van der Waals surface area contributed by atoms with Gasteiger partial charge in [0.2, 0.25) is 11.8 Å². The Morgan fingerprint density at radius 2 is 1.56 bits per heavy atom. The largest absolute Gasteiger partial charge is 0.497 e. The molecule has 1 atom stereocenters. The van der Waals surface area contributed by atoms with Gasteiger partial charge in [-0.05, 0) is 54.4 Å². The zero-order chi connectivity index (χ0) is 31.0. The molecule has 0 saturated heterocycles. The van der Waals surface area contributed by atoms with Crippen molar-refractivity contribution < 1.29 is 22.7 Å². The van der Waals surface area contributed by atoms with E-state index >= 15 is 0 Å². The van der Waals surface area contributed by atoms with E-state index in [9.17, 15) is 18.0 Å². The van der Waals surface area contributed by atoms with E-state index in [1.807, 2.05) is 61.5 Å². The Morgan fingerprint density at radius 1 is 0.884 bits per heavy atom. The van der Waals surface area contributed by atoms with Crippen LogP contribution in [0.2, 0.25) is 0 Å². The second-order valence-corrected chi connectivity index (χ2v) is 12.8. The number of benzene rings is 4. The minimum Gasteiger partial charge on any atom is -0.497 e. The SMILES string of the molecule is CNC(=O)[C@H](Cc1ccccc1)N(Cc1ccc(Br)cc1)C(=O)CN(c1cccc(OC)c1)S(=O)(=O)c1ccc(C)cc1. The lowest BCUT2D eigenvalue weighted by Crippen LogP contribution is -2.53. The Kier molecular flexibility index (Phi) is 10.6. The highest BCUT2D eigenvalue weighted by molar-refractivity contribution is 9.10. The number of amides is 2. The molecule has 2 amide bonds. The first-order valence-electron chi connectivity index (χ1n) is 13.6. The third-order valence-electron chi connectivity index (χ3n) is 7.01. The minimum atomic E-state index is -4.19. The third-order valence-corrected chi connectivity index (χ3v) is 9.33. The van der Waals surface area contributed by atoms with Gasteiger partial charge in [-0.3, -0.25) is 13.9 Å². The molecule has 0 aliphatic heterocycles. The van der Waals surface area contributed by atoms with Gasteiger partial charge in [0.25, 0.3) is 10.0 Å². The van der Waals surface area contributed by atoms with E-state index in [0.717, 1.165) is 25.5 Å². The van der Waals surface area contributed by atoms with Crippen molar-refractivity contribution in [2.24, 2.45) is 0 Å². The Hall–Kier alpha value is -4.15. The molecular weight excluding hydrogens is 630 g/mol. The van der Waals surface area contributed by atoms with Crippen LogP contribution in [0.15, 0.2) is 112 Å². The van der Waals surface area contributed by atoms with Crippen molar-refractivity contribution in [1.29, 1.82) is 0 Å². The number of hydrogen-bond acceptors (Lipinski definition) is 5. The van der Waals surface area contributed by atoms with Gasteiger partial charge in [-0.25, -0.2) is 8.42 Å². The Balaban J connectivity index is 1.79. The second-order valence-electron chi connectivity index (χ2n) is 9.99. The number of nitrogens with zero attached hydrogens (tertiary/aromatic N) is 2. The molecule has 0 aliphatic rings. The fourth-order valence-electron chi connectivity index (χ4n) is 4.64. The number of methoxy groups -OCH3 is 1. The summed E-state index contributed by atoms with van der Waals surface area (Å²) in [5.74, 6) is -0.456. The highest BCUT2D eigenvalue weighted by Gasteiger charge is 2.34. The number of hydrogen-bond donors (Lipinski definition) is 1. The average Bonchev–Trinajstić information content (AvgIpc) is 3.02. The maximum absolute atomic E-state index is 14.3. The molecular formula is C33H34BrN3O5S. The number of carbonyl (C=O) groups is 2. The van der Waals surface area contributed by atoms with Crippen molar-refractivity contribution >= 4 is 43.5 Å². The number of ether oxygens (including phenoxy) is 1. The monoisotopic (exact) mass is 663 g/mol. The van der Waals surface area contributed by atoms with Crippen LogP contribution in [0.1, 0.15) is 16.7 Å². The summed E-state index contributed by atoms with van der Waals surface area (Å²) in [6, 6.07) is 28.9. The fourth-order valence-corrected chi connectivity index (χ4v) is 6.31. The van der Waals surface area contributed by atoms with Crippen molar-refractivity contribution in [1.82, 2.24) is 10.2 Å². The van der Waals surface area contributed by atoms with Gasteiger partial charge in [0.05, 0.1) is 17.7 Å². The number of nitrogens with one attached hydrogen (secondary N) is 1. The molecule has 4 rings (SSSR count). The molecule has 0 aromatic heterocycles. The Morgan fingerprint density at radius 3 is 2.19 bits per heavy atom. The summed E-state index contributed by atoms with van der Waals surface area (Å²) in [5, 5.41) is 2.69. The van der Waals surface area contributed by atoms with Gasteiger partial charge >= 0.3 is 0 Å². The first-order valence-corrected chi connectivity index (χ1v) is 15.9. The summed E-state index contributed by atoms with van der Waals surface area (Å²) >= 11 is 3.44. The minimum absolute atomic E-state index is 0.0420. The van der Waals surface area contributed by atoms with Gasteiger partial charge in [0.15, 0.2) is 0 Å². The predicted molar refractivity (Wildman–Crippen MR) is 171 cm³/mol. The van der Waals surface area contributed by atoms with Crippen LogP contribution in [0.25, 0.3) is 0 Å². The summed E-state index contributed by atoms with van der Waals surface area (Å²) < 4.78 is 35.5. The first-order chi connectivity index (χ1) is 20.6. The van der Waals surface area contributed by atoms with Crippen LogP contribution in [-0.4, -0.2) is 51.9 Å². The van der Waals surface area contributed by atoms with Crippen LogP contribution >= 0.6 is 15.9 Å². The van der Waals surface area contributed by atoms with Crippen molar-refractivity contribution in [3.8, 4) is 5.75 Å². The summed E-state index contributed by atoms with van der Waals surface area (Å²) in [5.41, 5.74) is 2.81. The van der Waals surface area contributed by atoms with Gasteiger partial charge in [-0.1, -0.05) is 82.2 Å². The van der Waals surface area contributed by atoms with Crippen molar-refractivity contribution in [2.75, 3.05) is 25.0 Å². The maximum atomic E-state index is 14.3. The smallest absolute Gasteiger partial charge is 0.264 e. The lowest BCUT2D eigenvalue weighted by molar-refractivity contribution is -0.139. The zero-order valence-electron chi connectivity index (χ0n) is 24.2. The molecule has 4 aromatic carbocycles. The molecule has 0 aliphatic carbocycles. The number of sulfonamides is 1. The third kappa shape index (κ3) is 8.03. The lowest BCUT2D eigenvalue weighted by Gasteiger charge is -2.33. The molecule has 4 aromatic rings. The molecule has 43 heavy (non-hydrogen) atoms. The highest BCUT2D eigenvalue weighted by Crippen LogP contribution is 2.28. The Bertz CT molecular complexity index is 1650. The summed E-state index contributed by atoms with van der Waals surface area (Å²) in [4.78, 5) is 29.2. The van der Waals surface area contributed by atoms with Gasteiger partial charge in [-0.2, -0.15) is 0 Å². The zero-order valence-corrected chi connectivity index (χ0v) is 26.6. The molecule has 10 heteroatoms. The standard InChI is InChI=1S/C33H34BrN3O5S/c1-24-12-18-30(19-13-24)43(40,41)37(28-10-7-11-29(21-28)42-3)23-32(38)36(22-26-14-16-27(34)17-15-26)31(33(39)35-2)20-25-8-5-4-6-9-25/h4-19,21,31H,20,22-23H2,1-3H3,(H,35,39)/t31-/m0/s1. The highest BCUT2D eigenvalue weighted by atomic mass is 79.9. The average molecular weight is 665 g/mol. The molecule has 8 nitrogen and oxygen atoms in total. The van der Waals surface area contributed by atoms with Gasteiger partial charge < -0.3 is 15.0 Å². The second kappa shape index (κ2) is 14.3. The molecule has 0 radical (unpaired) electrons. The van der Waals surface area contributed by atoms with Crippen LogP contribution in [0.5, 0.6) is 5.75 Å². The van der Waals surface area contributed by atoms with E-state index in [2.05, 4.69) is 21.2 Å². The van der Waals surface area contributed by atoms with Crippen molar-refractivity contribution in [3.63, 3.8) is 0 Å². The lowest BCUT2D eigenvalue weighted by atomic mass is 10.0. The number of rotatable bonds is 12. The molecule has 0 heterocycles. The van der Waals surface area contributed by atoms with Gasteiger partial charge in [0.1, 0.15) is 18.3 Å². The number of likely N-dealkylation sites (N-methyl/N-ethyl adjacent to an activating group) is 1. The molecule has 224 valence electrons. The first kappa shape index (κ1) is 31.8. The van der Waals surface area contributed by atoms with E-state index in [1.54, 1.807) is 36.4 Å². The van der Waals surface area contributed by atoms with Crippen LogP contribution in [0.3, 0.4) is 0 Å². The predicted octanol–water partition coefficient (Wildman–Crippen LogP) is 5.35. The number of aryl methyl sites for hydroxylation is 1. The summed E-state index contributed by atoms with van der Waals surface area (Å²) in [7, 11) is -1.18. The molecule has 0 spiro atoms.